The summed E-state index contributed by atoms with van der Waals surface area (Å²) >= 11 is 6.16. The van der Waals surface area contributed by atoms with Crippen LogP contribution in [0.5, 0.6) is 0 Å². The van der Waals surface area contributed by atoms with Crippen molar-refractivity contribution >= 4 is 33.2 Å². The molecule has 0 aromatic heterocycles. The van der Waals surface area contributed by atoms with E-state index >= 15 is 4.39 Å². The van der Waals surface area contributed by atoms with E-state index in [0.29, 0.717) is 48.8 Å². The Labute approximate surface area is 253 Å². The fourth-order valence-electron chi connectivity index (χ4n) is 6.91. The summed E-state index contributed by atoms with van der Waals surface area (Å²) in [4.78, 5) is 13.7. The monoisotopic (exact) mass is 620 g/mol. The Morgan fingerprint density at radius 1 is 1.24 bits per heavy atom. The van der Waals surface area contributed by atoms with E-state index in [1.54, 1.807) is 28.6 Å². The van der Waals surface area contributed by atoms with Crippen molar-refractivity contribution < 1.29 is 22.3 Å². The molecule has 0 radical (unpaired) electrons. The summed E-state index contributed by atoms with van der Waals surface area (Å²) in [5.74, 6) is -0.900. The molecule has 3 fully saturated rings. The molecule has 0 aliphatic carbocycles. The normalized spacial score (nSPS) is 28.3. The van der Waals surface area contributed by atoms with E-state index in [2.05, 4.69) is 10.6 Å². The van der Waals surface area contributed by atoms with Crippen molar-refractivity contribution in [2.24, 2.45) is 11.7 Å². The number of anilines is 1. The lowest BCUT2D eigenvalue weighted by Gasteiger charge is -2.41. The van der Waals surface area contributed by atoms with Crippen LogP contribution in [0.2, 0.25) is 5.02 Å². The molecule has 0 saturated carbocycles. The molecule has 5 rings (SSSR count). The molecular formula is C31H42ClFN4O4S. The highest BCUT2D eigenvalue weighted by Crippen LogP contribution is 2.40. The summed E-state index contributed by atoms with van der Waals surface area (Å²) in [5, 5.41) is 6.98. The Hall–Kier alpha value is -2.08. The van der Waals surface area contributed by atoms with Gasteiger partial charge < -0.3 is 21.1 Å². The van der Waals surface area contributed by atoms with Crippen molar-refractivity contribution in [1.82, 2.24) is 9.62 Å². The number of nitrogens with zero attached hydrogens (tertiary/aromatic N) is 1. The number of hydrogen-bond donors (Lipinski definition) is 3. The third-order valence-electron chi connectivity index (χ3n) is 9.05. The average molecular weight is 621 g/mol. The number of hydrogen-bond acceptors (Lipinski definition) is 6. The first-order valence-corrected chi connectivity index (χ1v) is 16.9. The second-order valence-corrected chi connectivity index (χ2v) is 15.0. The topological polar surface area (TPSA) is 114 Å². The molecule has 3 saturated heterocycles. The molecule has 3 aliphatic heterocycles. The van der Waals surface area contributed by atoms with Crippen LogP contribution in [-0.4, -0.2) is 67.8 Å². The predicted octanol–water partition coefficient (Wildman–Crippen LogP) is 4.43. The number of amides is 1. The molecule has 4 N–H and O–H groups in total. The van der Waals surface area contributed by atoms with Gasteiger partial charge in [0.1, 0.15) is 5.82 Å². The van der Waals surface area contributed by atoms with E-state index < -0.39 is 27.8 Å². The smallest absolute Gasteiger partial charge is 0.241 e. The van der Waals surface area contributed by atoms with Crippen LogP contribution >= 0.6 is 11.6 Å². The molecule has 11 heteroatoms. The number of fused-ring (bicyclic) bond motifs is 2. The number of nitrogens with two attached hydrogens (primary N) is 1. The molecule has 2 aromatic rings. The van der Waals surface area contributed by atoms with Crippen LogP contribution in [0.15, 0.2) is 42.5 Å². The molecular weight excluding hydrogens is 579 g/mol. The third kappa shape index (κ3) is 7.17. The van der Waals surface area contributed by atoms with Gasteiger partial charge in [-0.25, -0.2) is 12.8 Å². The van der Waals surface area contributed by atoms with Crippen molar-refractivity contribution in [3.8, 4) is 0 Å². The van der Waals surface area contributed by atoms with E-state index in [1.807, 2.05) is 26.0 Å². The predicted molar refractivity (Wildman–Crippen MR) is 164 cm³/mol. The Morgan fingerprint density at radius 2 is 2.00 bits per heavy atom. The molecule has 0 spiro atoms. The van der Waals surface area contributed by atoms with E-state index in [0.717, 1.165) is 24.8 Å². The maximum absolute atomic E-state index is 15.2. The van der Waals surface area contributed by atoms with Gasteiger partial charge in [-0.3, -0.25) is 4.79 Å². The Balaban J connectivity index is 1.34. The molecule has 42 heavy (non-hydrogen) atoms. The zero-order chi connectivity index (χ0) is 30.1. The van der Waals surface area contributed by atoms with Crippen LogP contribution < -0.4 is 16.4 Å². The molecule has 3 heterocycles. The lowest BCUT2D eigenvalue weighted by atomic mass is 9.73. The first-order chi connectivity index (χ1) is 19.9. The summed E-state index contributed by atoms with van der Waals surface area (Å²) in [6.45, 7) is 5.63. The van der Waals surface area contributed by atoms with E-state index in [9.17, 15) is 13.2 Å². The van der Waals surface area contributed by atoms with Crippen LogP contribution in [0, 0.1) is 11.7 Å². The standard InChI is InChI=1S/C31H42ClFN4O4S/c1-31(2)17-21(14-15-41-31)28(20-8-10-22(32)11-9-20)29(34)30(38)36-27-7-3-6-26(33)25(27)13-12-24-18-35-23-5-4-16-42(39,40)37(24)19-23/h3,6-11,21,23-24,28-29,35H,4-5,12-19,34H2,1-2H3,(H,36,38)/t21-,23+,24-,28-,29-/m0/s1. The molecule has 6 atom stereocenters. The maximum Gasteiger partial charge on any atom is 0.241 e. The van der Waals surface area contributed by atoms with Gasteiger partial charge in [0.05, 0.1) is 17.4 Å². The minimum Gasteiger partial charge on any atom is -0.376 e. The SMILES string of the molecule is CC1(C)C[C@@H]([C@H](c2ccc(Cl)cc2)[C@H](N)C(=O)Nc2cccc(F)c2CC[C@H]2CN[C@@H]3CCCS(=O)(=O)N2C3)CCO1. The van der Waals surface area contributed by atoms with Gasteiger partial charge in [-0.1, -0.05) is 29.8 Å². The first kappa shape index (κ1) is 31.3. The minimum absolute atomic E-state index is 0.0980. The molecule has 1 amide bonds. The van der Waals surface area contributed by atoms with Crippen molar-refractivity contribution in [3.05, 3.63) is 64.4 Å². The number of halogens is 2. The zero-order valence-electron chi connectivity index (χ0n) is 24.3. The molecule has 2 aromatic carbocycles. The molecule has 8 nitrogen and oxygen atoms in total. The Bertz CT molecular complexity index is 1370. The summed E-state index contributed by atoms with van der Waals surface area (Å²) in [6.07, 6.45) is 3.67. The first-order valence-electron chi connectivity index (χ1n) is 14.9. The van der Waals surface area contributed by atoms with Crippen LogP contribution in [0.3, 0.4) is 0 Å². The molecule has 230 valence electrons. The highest BCUT2D eigenvalue weighted by molar-refractivity contribution is 7.89. The highest BCUT2D eigenvalue weighted by Gasteiger charge is 2.40. The van der Waals surface area contributed by atoms with Crippen molar-refractivity contribution in [2.45, 2.75) is 82.0 Å². The number of benzene rings is 2. The summed E-state index contributed by atoms with van der Waals surface area (Å²) in [6, 6.07) is 11.0. The average Bonchev–Trinajstić information content (AvgIpc) is 3.05. The number of carbonyl (C=O) groups excluding carboxylic acids is 1. The van der Waals surface area contributed by atoms with E-state index in [-0.39, 0.29) is 41.7 Å². The molecule has 3 aliphatic rings. The highest BCUT2D eigenvalue weighted by atomic mass is 35.5. The van der Waals surface area contributed by atoms with Gasteiger partial charge in [0.15, 0.2) is 0 Å². The van der Waals surface area contributed by atoms with Gasteiger partial charge in [-0.15, -0.1) is 0 Å². The Kier molecular flexibility index (Phi) is 9.61. The van der Waals surface area contributed by atoms with Crippen molar-refractivity contribution in [3.63, 3.8) is 0 Å². The minimum atomic E-state index is -3.36. The van der Waals surface area contributed by atoms with Crippen LogP contribution in [-0.2, 0) is 26.0 Å². The quantitative estimate of drug-likeness (QED) is 0.402. The lowest BCUT2D eigenvalue weighted by molar-refractivity contribution is -0.119. The van der Waals surface area contributed by atoms with Gasteiger partial charge in [-0.05, 0) is 88.1 Å². The molecule has 1 unspecified atom stereocenters. The summed E-state index contributed by atoms with van der Waals surface area (Å²) in [5.41, 5.74) is 8.01. The van der Waals surface area contributed by atoms with E-state index in [1.165, 1.54) is 6.07 Å². The summed E-state index contributed by atoms with van der Waals surface area (Å²) < 4.78 is 48.5. The van der Waals surface area contributed by atoms with Crippen LogP contribution in [0.1, 0.15) is 63.0 Å². The fraction of sp³-hybridized carbons (Fsp3) is 0.581. The van der Waals surface area contributed by atoms with Crippen LogP contribution in [0.4, 0.5) is 10.1 Å². The number of rotatable bonds is 8. The van der Waals surface area contributed by atoms with Gasteiger partial charge in [0, 0.05) is 54.0 Å². The lowest BCUT2D eigenvalue weighted by Crippen LogP contribution is -2.57. The maximum atomic E-state index is 15.2. The largest absolute Gasteiger partial charge is 0.376 e. The van der Waals surface area contributed by atoms with Gasteiger partial charge in [-0.2, -0.15) is 4.31 Å². The van der Waals surface area contributed by atoms with Gasteiger partial charge in [0.25, 0.3) is 0 Å². The molecule has 2 bridgehead atoms. The van der Waals surface area contributed by atoms with Crippen molar-refractivity contribution in [1.29, 1.82) is 0 Å². The number of sulfonamides is 1. The van der Waals surface area contributed by atoms with Crippen LogP contribution in [0.25, 0.3) is 0 Å². The Morgan fingerprint density at radius 3 is 2.74 bits per heavy atom. The number of nitrogens with one attached hydrogen (secondary N) is 2. The van der Waals surface area contributed by atoms with Crippen molar-refractivity contribution in [2.75, 3.05) is 30.8 Å². The van der Waals surface area contributed by atoms with Gasteiger partial charge >= 0.3 is 0 Å². The van der Waals surface area contributed by atoms with E-state index in [4.69, 9.17) is 22.1 Å². The zero-order valence-corrected chi connectivity index (χ0v) is 25.9. The second-order valence-electron chi connectivity index (χ2n) is 12.5. The summed E-state index contributed by atoms with van der Waals surface area (Å²) in [7, 11) is -3.36. The third-order valence-corrected chi connectivity index (χ3v) is 11.3. The number of ether oxygens (including phenoxy) is 1. The fourth-order valence-corrected chi connectivity index (χ4v) is 8.84. The number of piperazine rings is 1. The second kappa shape index (κ2) is 12.9. The van der Waals surface area contributed by atoms with Gasteiger partial charge in [0.2, 0.25) is 15.9 Å². The number of carbonyl (C=O) groups is 1.